The van der Waals surface area contributed by atoms with Crippen molar-refractivity contribution in [2.45, 2.75) is 45.6 Å². The second-order valence-corrected chi connectivity index (χ2v) is 5.56. The standard InChI is InChI=1S/C15H22ClNO/c1-3-18-15-8-7-13(10-14(15)16)17-11(2)9-12-5-4-6-12/h7-8,10-12,17H,3-6,9H2,1-2H3. The van der Waals surface area contributed by atoms with Crippen molar-refractivity contribution in [3.63, 3.8) is 0 Å². The molecule has 1 atom stereocenters. The van der Waals surface area contributed by atoms with Gasteiger partial charge < -0.3 is 10.1 Å². The van der Waals surface area contributed by atoms with E-state index in [1.54, 1.807) is 0 Å². The highest BCUT2D eigenvalue weighted by molar-refractivity contribution is 6.32. The summed E-state index contributed by atoms with van der Waals surface area (Å²) in [5, 5.41) is 4.19. The molecule has 1 aliphatic carbocycles. The third-order valence-corrected chi connectivity index (χ3v) is 3.85. The molecular weight excluding hydrogens is 246 g/mol. The molecule has 0 aromatic heterocycles. The second kappa shape index (κ2) is 6.33. The first-order chi connectivity index (χ1) is 8.69. The Bertz CT molecular complexity index is 390. The molecule has 0 heterocycles. The van der Waals surface area contributed by atoms with Gasteiger partial charge in [0.2, 0.25) is 0 Å². The summed E-state index contributed by atoms with van der Waals surface area (Å²) in [5.74, 6) is 1.68. The number of benzene rings is 1. The molecule has 0 saturated heterocycles. The monoisotopic (exact) mass is 267 g/mol. The fraction of sp³-hybridized carbons (Fsp3) is 0.600. The van der Waals surface area contributed by atoms with Gasteiger partial charge in [-0.3, -0.25) is 0 Å². The van der Waals surface area contributed by atoms with E-state index in [4.69, 9.17) is 16.3 Å². The molecule has 0 aliphatic heterocycles. The Balaban J connectivity index is 1.89. The van der Waals surface area contributed by atoms with Crippen LogP contribution >= 0.6 is 11.6 Å². The van der Waals surface area contributed by atoms with Crippen LogP contribution in [0.4, 0.5) is 5.69 Å². The summed E-state index contributed by atoms with van der Waals surface area (Å²) >= 11 is 6.17. The summed E-state index contributed by atoms with van der Waals surface area (Å²) < 4.78 is 5.43. The smallest absolute Gasteiger partial charge is 0.138 e. The molecular formula is C15H22ClNO. The Labute approximate surface area is 115 Å². The van der Waals surface area contributed by atoms with Gasteiger partial charge in [0.25, 0.3) is 0 Å². The second-order valence-electron chi connectivity index (χ2n) is 5.16. The SMILES string of the molecule is CCOc1ccc(NC(C)CC2CCC2)cc1Cl. The maximum Gasteiger partial charge on any atom is 0.138 e. The van der Waals surface area contributed by atoms with Crippen molar-refractivity contribution in [1.29, 1.82) is 0 Å². The first-order valence-electron chi connectivity index (χ1n) is 6.88. The molecule has 1 unspecified atom stereocenters. The van der Waals surface area contributed by atoms with E-state index in [2.05, 4.69) is 12.2 Å². The molecule has 0 radical (unpaired) electrons. The Morgan fingerprint density at radius 3 is 2.78 bits per heavy atom. The van der Waals surface area contributed by atoms with Crippen molar-refractivity contribution in [2.75, 3.05) is 11.9 Å². The Morgan fingerprint density at radius 1 is 1.44 bits per heavy atom. The van der Waals surface area contributed by atoms with Gasteiger partial charge in [-0.05, 0) is 44.4 Å². The van der Waals surface area contributed by atoms with Gasteiger partial charge >= 0.3 is 0 Å². The van der Waals surface area contributed by atoms with Gasteiger partial charge in [-0.15, -0.1) is 0 Å². The van der Waals surface area contributed by atoms with E-state index in [0.717, 1.165) is 17.4 Å². The molecule has 0 bridgehead atoms. The lowest BCUT2D eigenvalue weighted by atomic mass is 9.81. The van der Waals surface area contributed by atoms with Crippen molar-refractivity contribution in [1.82, 2.24) is 0 Å². The van der Waals surface area contributed by atoms with Gasteiger partial charge in [0.1, 0.15) is 5.75 Å². The first kappa shape index (κ1) is 13.5. The Morgan fingerprint density at radius 2 is 2.22 bits per heavy atom. The highest BCUT2D eigenvalue weighted by atomic mass is 35.5. The Kier molecular flexibility index (Phi) is 4.76. The predicted octanol–water partition coefficient (Wildman–Crippen LogP) is 4.73. The van der Waals surface area contributed by atoms with Crippen molar-refractivity contribution in [3.8, 4) is 5.75 Å². The van der Waals surface area contributed by atoms with Crippen molar-refractivity contribution in [3.05, 3.63) is 23.2 Å². The fourth-order valence-corrected chi connectivity index (χ4v) is 2.67. The maximum atomic E-state index is 6.17. The molecule has 1 saturated carbocycles. The van der Waals surface area contributed by atoms with Crippen molar-refractivity contribution in [2.24, 2.45) is 5.92 Å². The van der Waals surface area contributed by atoms with Crippen LogP contribution in [-0.2, 0) is 0 Å². The summed E-state index contributed by atoms with van der Waals surface area (Å²) in [6.07, 6.45) is 5.46. The molecule has 1 fully saturated rings. The minimum Gasteiger partial charge on any atom is -0.492 e. The van der Waals surface area contributed by atoms with Crippen LogP contribution in [0.3, 0.4) is 0 Å². The summed E-state index contributed by atoms with van der Waals surface area (Å²) in [5.41, 5.74) is 1.08. The highest BCUT2D eigenvalue weighted by Gasteiger charge is 2.19. The fourth-order valence-electron chi connectivity index (χ4n) is 2.44. The number of hydrogen-bond donors (Lipinski definition) is 1. The lowest BCUT2D eigenvalue weighted by Crippen LogP contribution is -2.23. The maximum absolute atomic E-state index is 6.17. The average Bonchev–Trinajstić information content (AvgIpc) is 2.28. The topological polar surface area (TPSA) is 21.3 Å². The highest BCUT2D eigenvalue weighted by Crippen LogP contribution is 2.32. The van der Waals surface area contributed by atoms with E-state index in [1.807, 2.05) is 25.1 Å². The first-order valence-corrected chi connectivity index (χ1v) is 7.25. The zero-order valence-corrected chi connectivity index (χ0v) is 12.0. The molecule has 0 amide bonds. The zero-order chi connectivity index (χ0) is 13.0. The van der Waals surface area contributed by atoms with Crippen LogP contribution in [-0.4, -0.2) is 12.6 Å². The van der Waals surface area contributed by atoms with Crippen LogP contribution in [0.2, 0.25) is 5.02 Å². The molecule has 2 nitrogen and oxygen atoms in total. The molecule has 3 heteroatoms. The molecule has 0 spiro atoms. The zero-order valence-electron chi connectivity index (χ0n) is 11.2. The minimum atomic E-state index is 0.504. The van der Waals surface area contributed by atoms with E-state index in [1.165, 1.54) is 25.7 Å². The number of hydrogen-bond acceptors (Lipinski definition) is 2. The molecule has 1 aromatic carbocycles. The minimum absolute atomic E-state index is 0.504. The summed E-state index contributed by atoms with van der Waals surface area (Å²) in [6, 6.07) is 6.42. The Hall–Kier alpha value is -0.890. The third kappa shape index (κ3) is 3.55. The number of rotatable bonds is 6. The van der Waals surface area contributed by atoms with Gasteiger partial charge in [0, 0.05) is 11.7 Å². The molecule has 2 rings (SSSR count). The van der Waals surface area contributed by atoms with Gasteiger partial charge in [-0.1, -0.05) is 30.9 Å². The van der Waals surface area contributed by atoms with Crippen molar-refractivity contribution < 1.29 is 4.74 Å². The lowest BCUT2D eigenvalue weighted by molar-refractivity contribution is 0.286. The molecule has 1 aliphatic rings. The van der Waals surface area contributed by atoms with E-state index in [-0.39, 0.29) is 0 Å². The summed E-state index contributed by atoms with van der Waals surface area (Å²) in [6.45, 7) is 4.84. The van der Waals surface area contributed by atoms with Crippen molar-refractivity contribution >= 4 is 17.3 Å². The molecule has 100 valence electrons. The van der Waals surface area contributed by atoms with Gasteiger partial charge in [-0.25, -0.2) is 0 Å². The van der Waals surface area contributed by atoms with Gasteiger partial charge in [0.05, 0.1) is 11.6 Å². The largest absolute Gasteiger partial charge is 0.492 e. The molecule has 18 heavy (non-hydrogen) atoms. The van der Waals surface area contributed by atoms with Crippen LogP contribution < -0.4 is 10.1 Å². The summed E-state index contributed by atoms with van der Waals surface area (Å²) in [7, 11) is 0. The van der Waals surface area contributed by atoms with Crippen LogP contribution in [0, 0.1) is 5.92 Å². The molecule has 1 N–H and O–H groups in total. The number of nitrogens with one attached hydrogen (secondary N) is 1. The third-order valence-electron chi connectivity index (χ3n) is 3.56. The van der Waals surface area contributed by atoms with Crippen LogP contribution in [0.1, 0.15) is 39.5 Å². The molecule has 1 aromatic rings. The summed E-state index contributed by atoms with van der Waals surface area (Å²) in [4.78, 5) is 0. The number of halogens is 1. The number of anilines is 1. The normalized spacial score (nSPS) is 17.1. The van der Waals surface area contributed by atoms with E-state index >= 15 is 0 Å². The van der Waals surface area contributed by atoms with Crippen LogP contribution in [0.5, 0.6) is 5.75 Å². The van der Waals surface area contributed by atoms with E-state index in [9.17, 15) is 0 Å². The average molecular weight is 268 g/mol. The quantitative estimate of drug-likeness (QED) is 0.805. The van der Waals surface area contributed by atoms with Crippen LogP contribution in [0.25, 0.3) is 0 Å². The van der Waals surface area contributed by atoms with Gasteiger partial charge in [-0.2, -0.15) is 0 Å². The van der Waals surface area contributed by atoms with E-state index < -0.39 is 0 Å². The predicted molar refractivity (Wildman–Crippen MR) is 77.7 cm³/mol. The van der Waals surface area contributed by atoms with Crippen LogP contribution in [0.15, 0.2) is 18.2 Å². The number of ether oxygens (including phenoxy) is 1. The lowest BCUT2D eigenvalue weighted by Gasteiger charge is -2.29. The van der Waals surface area contributed by atoms with Gasteiger partial charge in [0.15, 0.2) is 0 Å². The van der Waals surface area contributed by atoms with E-state index in [0.29, 0.717) is 17.7 Å².